The van der Waals surface area contributed by atoms with Gasteiger partial charge in [0.2, 0.25) is 5.91 Å². The van der Waals surface area contributed by atoms with E-state index in [1.54, 1.807) is 6.92 Å². The first-order valence-electron chi connectivity index (χ1n) is 5.88. The van der Waals surface area contributed by atoms with E-state index in [-0.39, 0.29) is 5.91 Å². The SMILES string of the molecule is [C-]#[N+]C1(c2ccccc2)CCN(C(C)=O)CC1. The molecule has 0 aromatic heterocycles. The average Bonchev–Trinajstić information content (AvgIpc) is 2.40. The minimum Gasteiger partial charge on any atom is -0.342 e. The quantitative estimate of drug-likeness (QED) is 0.678. The molecule has 0 N–H and O–H groups in total. The fraction of sp³-hybridized carbons (Fsp3) is 0.429. The molecule has 1 fully saturated rings. The lowest BCUT2D eigenvalue weighted by Gasteiger charge is -2.33. The summed E-state index contributed by atoms with van der Waals surface area (Å²) in [5.41, 5.74) is 0.658. The number of piperidine rings is 1. The topological polar surface area (TPSA) is 24.7 Å². The van der Waals surface area contributed by atoms with E-state index >= 15 is 0 Å². The van der Waals surface area contributed by atoms with Crippen molar-refractivity contribution in [3.63, 3.8) is 0 Å². The Kier molecular flexibility index (Phi) is 3.14. The summed E-state index contributed by atoms with van der Waals surface area (Å²) in [5.74, 6) is 0.108. The Morgan fingerprint density at radius 1 is 1.29 bits per heavy atom. The van der Waals surface area contributed by atoms with Crippen LogP contribution in [0.3, 0.4) is 0 Å². The molecule has 1 aliphatic heterocycles. The molecule has 0 saturated carbocycles. The number of benzene rings is 1. The van der Waals surface area contributed by atoms with Gasteiger partial charge in [0.25, 0.3) is 5.54 Å². The van der Waals surface area contributed by atoms with Gasteiger partial charge in [0, 0.05) is 38.4 Å². The molecule has 0 unspecified atom stereocenters. The van der Waals surface area contributed by atoms with Gasteiger partial charge < -0.3 is 9.74 Å². The number of hydrogen-bond acceptors (Lipinski definition) is 1. The third-order valence-corrected chi connectivity index (χ3v) is 3.56. The van der Waals surface area contributed by atoms with Crippen molar-refractivity contribution >= 4 is 5.91 Å². The maximum absolute atomic E-state index is 11.3. The van der Waals surface area contributed by atoms with Gasteiger partial charge in [-0.1, -0.05) is 30.3 Å². The summed E-state index contributed by atoms with van der Waals surface area (Å²) in [7, 11) is 0. The molecule has 0 radical (unpaired) electrons. The highest BCUT2D eigenvalue weighted by Gasteiger charge is 2.42. The summed E-state index contributed by atoms with van der Waals surface area (Å²) in [6.45, 7) is 10.4. The summed E-state index contributed by atoms with van der Waals surface area (Å²) in [6, 6.07) is 9.94. The first-order valence-corrected chi connectivity index (χ1v) is 5.88. The fourth-order valence-electron chi connectivity index (χ4n) is 2.40. The number of rotatable bonds is 1. The maximum atomic E-state index is 11.3. The number of likely N-dealkylation sites (tertiary alicyclic amines) is 1. The third-order valence-electron chi connectivity index (χ3n) is 3.56. The number of amides is 1. The van der Waals surface area contributed by atoms with E-state index in [2.05, 4.69) is 4.85 Å². The largest absolute Gasteiger partial charge is 0.342 e. The number of carbonyl (C=O) groups excluding carboxylic acids is 1. The van der Waals surface area contributed by atoms with Gasteiger partial charge in [-0.3, -0.25) is 4.79 Å². The van der Waals surface area contributed by atoms with Gasteiger partial charge in [0.1, 0.15) is 0 Å². The van der Waals surface area contributed by atoms with Gasteiger partial charge in [-0.05, 0) is 0 Å². The second-order valence-corrected chi connectivity index (χ2v) is 4.52. The van der Waals surface area contributed by atoms with Gasteiger partial charge >= 0.3 is 0 Å². The first kappa shape index (κ1) is 11.7. The van der Waals surface area contributed by atoms with Crippen molar-refractivity contribution in [3.8, 4) is 0 Å². The summed E-state index contributed by atoms with van der Waals surface area (Å²) in [5, 5.41) is 0. The lowest BCUT2D eigenvalue weighted by Crippen LogP contribution is -2.42. The predicted molar refractivity (Wildman–Crippen MR) is 66.2 cm³/mol. The zero-order valence-electron chi connectivity index (χ0n) is 10.0. The third kappa shape index (κ3) is 2.16. The Morgan fingerprint density at radius 3 is 2.35 bits per heavy atom. The number of carbonyl (C=O) groups is 1. The summed E-state index contributed by atoms with van der Waals surface area (Å²) >= 11 is 0. The molecule has 3 nitrogen and oxygen atoms in total. The van der Waals surface area contributed by atoms with E-state index in [1.807, 2.05) is 35.2 Å². The second kappa shape index (κ2) is 4.58. The average molecular weight is 228 g/mol. The highest BCUT2D eigenvalue weighted by atomic mass is 16.2. The zero-order valence-corrected chi connectivity index (χ0v) is 10.0. The lowest BCUT2D eigenvalue weighted by atomic mass is 9.81. The molecule has 0 aliphatic carbocycles. The number of hydrogen-bond donors (Lipinski definition) is 0. The molecule has 17 heavy (non-hydrogen) atoms. The Hall–Kier alpha value is -1.82. The van der Waals surface area contributed by atoms with Gasteiger partial charge in [-0.2, -0.15) is 0 Å². The molecule has 1 aromatic rings. The summed E-state index contributed by atoms with van der Waals surface area (Å²) in [6.07, 6.45) is 1.47. The molecular formula is C14H16N2O. The molecule has 1 heterocycles. The van der Waals surface area contributed by atoms with E-state index in [0.29, 0.717) is 13.1 Å². The smallest absolute Gasteiger partial charge is 0.260 e. The van der Waals surface area contributed by atoms with Crippen molar-refractivity contribution < 1.29 is 4.79 Å². The van der Waals surface area contributed by atoms with Crippen LogP contribution in [0.25, 0.3) is 4.85 Å². The Balaban J connectivity index is 2.20. The molecule has 1 saturated heterocycles. The predicted octanol–water partition coefficient (Wildman–Crippen LogP) is 2.44. The van der Waals surface area contributed by atoms with Gasteiger partial charge in [0.15, 0.2) is 0 Å². The van der Waals surface area contributed by atoms with Gasteiger partial charge in [-0.25, -0.2) is 6.57 Å². The van der Waals surface area contributed by atoms with Crippen molar-refractivity contribution in [3.05, 3.63) is 47.3 Å². The van der Waals surface area contributed by atoms with Crippen LogP contribution in [-0.2, 0) is 10.3 Å². The van der Waals surface area contributed by atoms with Crippen LogP contribution in [0.5, 0.6) is 0 Å². The first-order chi connectivity index (χ1) is 8.18. The number of nitrogens with zero attached hydrogens (tertiary/aromatic N) is 2. The highest BCUT2D eigenvalue weighted by Crippen LogP contribution is 2.36. The van der Waals surface area contributed by atoms with Crippen LogP contribution in [0.4, 0.5) is 0 Å². The summed E-state index contributed by atoms with van der Waals surface area (Å²) < 4.78 is 0. The van der Waals surface area contributed by atoms with Crippen molar-refractivity contribution in [2.24, 2.45) is 0 Å². The van der Waals surface area contributed by atoms with Crippen LogP contribution < -0.4 is 0 Å². The monoisotopic (exact) mass is 228 g/mol. The molecule has 1 aliphatic rings. The second-order valence-electron chi connectivity index (χ2n) is 4.52. The van der Waals surface area contributed by atoms with E-state index < -0.39 is 5.54 Å². The standard InChI is InChI=1S/C14H16N2O/c1-12(17)16-10-8-14(15-2,9-11-16)13-6-4-3-5-7-13/h3-7H,8-11H2,1H3. The molecule has 0 bridgehead atoms. The lowest BCUT2D eigenvalue weighted by molar-refractivity contribution is -0.130. The van der Waals surface area contributed by atoms with Crippen molar-refractivity contribution in [2.45, 2.75) is 25.3 Å². The van der Waals surface area contributed by atoms with Crippen molar-refractivity contribution in [2.75, 3.05) is 13.1 Å². The fourth-order valence-corrected chi connectivity index (χ4v) is 2.40. The molecule has 1 amide bonds. The van der Waals surface area contributed by atoms with Crippen molar-refractivity contribution in [1.29, 1.82) is 0 Å². The van der Waals surface area contributed by atoms with Crippen LogP contribution in [-0.4, -0.2) is 23.9 Å². The molecule has 2 rings (SSSR count). The maximum Gasteiger partial charge on any atom is 0.260 e. The van der Waals surface area contributed by atoms with Gasteiger partial charge in [-0.15, -0.1) is 0 Å². The molecule has 3 heteroatoms. The molecular weight excluding hydrogens is 212 g/mol. The van der Waals surface area contributed by atoms with E-state index in [9.17, 15) is 4.79 Å². The Bertz CT molecular complexity index is 439. The van der Waals surface area contributed by atoms with E-state index in [1.165, 1.54) is 0 Å². The van der Waals surface area contributed by atoms with Crippen molar-refractivity contribution in [1.82, 2.24) is 4.90 Å². The minimum atomic E-state index is -0.423. The van der Waals surface area contributed by atoms with Crippen LogP contribution in [0.2, 0.25) is 0 Å². The highest BCUT2D eigenvalue weighted by molar-refractivity contribution is 5.73. The van der Waals surface area contributed by atoms with E-state index in [4.69, 9.17) is 6.57 Å². The molecule has 0 spiro atoms. The van der Waals surface area contributed by atoms with Crippen LogP contribution >= 0.6 is 0 Å². The molecule has 88 valence electrons. The molecule has 1 aromatic carbocycles. The van der Waals surface area contributed by atoms with Crippen LogP contribution in [0.15, 0.2) is 30.3 Å². The van der Waals surface area contributed by atoms with Crippen LogP contribution in [0, 0.1) is 6.57 Å². The van der Waals surface area contributed by atoms with E-state index in [0.717, 1.165) is 18.4 Å². The Morgan fingerprint density at radius 2 is 1.88 bits per heavy atom. The van der Waals surface area contributed by atoms with Crippen LogP contribution in [0.1, 0.15) is 25.3 Å². The normalized spacial score (nSPS) is 18.5. The molecule has 0 atom stereocenters. The Labute approximate surface area is 102 Å². The van der Waals surface area contributed by atoms with Gasteiger partial charge in [0.05, 0.1) is 0 Å². The minimum absolute atomic E-state index is 0.108. The summed E-state index contributed by atoms with van der Waals surface area (Å²) in [4.78, 5) is 17.0. The zero-order chi connectivity index (χ0) is 12.3.